The van der Waals surface area contributed by atoms with Crippen LogP contribution in [0.25, 0.3) is 0 Å². The van der Waals surface area contributed by atoms with Crippen LogP contribution in [0.1, 0.15) is 84.3 Å². The van der Waals surface area contributed by atoms with E-state index in [1.807, 2.05) is 43.3 Å². The molecule has 2 aromatic carbocycles. The predicted molar refractivity (Wildman–Crippen MR) is 277 cm³/mol. The first kappa shape index (κ1) is 61.2. The van der Waals surface area contributed by atoms with Crippen molar-refractivity contribution in [2.75, 3.05) is 13.7 Å². The summed E-state index contributed by atoms with van der Waals surface area (Å²) in [5, 5.41) is 47.5. The lowest BCUT2D eigenvalue weighted by Crippen LogP contribution is -2.56. The van der Waals surface area contributed by atoms with Gasteiger partial charge in [-0.15, -0.1) is 0 Å². The Bertz CT molecular complexity index is 2440. The number of phenols is 1. The van der Waals surface area contributed by atoms with Crippen LogP contribution in [0.4, 0.5) is 0 Å². The Labute approximate surface area is 435 Å². The number of ether oxygens (including phenoxy) is 1. The van der Waals surface area contributed by atoms with Crippen molar-refractivity contribution in [2.24, 2.45) is 28.3 Å². The van der Waals surface area contributed by atoms with E-state index in [2.05, 4.69) is 42.2 Å². The number of aryl methyl sites for hydroxylation is 1. The fraction of sp³-hybridized carbons (Fsp3) is 0.462. The average Bonchev–Trinajstić information content (AvgIpc) is 3.36. The molecule has 0 saturated carbocycles. The van der Waals surface area contributed by atoms with Gasteiger partial charge >= 0.3 is 11.9 Å². The Kier molecular flexibility index (Phi) is 25.2. The number of amides is 7. The second-order valence-corrected chi connectivity index (χ2v) is 18.2. The van der Waals surface area contributed by atoms with Crippen LogP contribution in [-0.2, 0) is 60.7 Å². The number of aromatic hydroxyl groups is 1. The molecule has 0 aliphatic carbocycles. The standard InChI is InChI=1S/C52H72N10O13/c1-7-36-47(68)56-32(5)46(67)60-39(22-18-33-16-19-35(63)20-17-33)49(70)62-41(51(73)74)28-44(65)58-38(14-11-25-55-52(53)54)48(69)59-37(31(4)45(66)61-40(50(71)72)23-24-43(64)57-36)21-15-29(2)26-30(3)42(75-6)27-34-12-9-8-10-13-34/h7-10,12-13,15-17,19-21,26,30-32,37-42,63H,11,14,18,22-25,27-28H2,1-6H3,(H,56,68)(H,57,64)(H,58,65)(H,59,69)(H,60,67)(H,61,66)(H,62,70)(H,71,72)(H,73,74)(H4,53,54,55)/b21-15+,29-26+,36-7-/t30-,31-,32-,37-,38-,39-,40+,41+,42-/m0/s1. The molecule has 0 spiro atoms. The fourth-order valence-corrected chi connectivity index (χ4v) is 7.80. The predicted octanol–water partition coefficient (Wildman–Crippen LogP) is 0.713. The summed E-state index contributed by atoms with van der Waals surface area (Å²) < 4.78 is 5.81. The first-order valence-corrected chi connectivity index (χ1v) is 24.5. The van der Waals surface area contributed by atoms with Crippen LogP contribution in [0, 0.1) is 11.8 Å². The fourth-order valence-electron chi connectivity index (χ4n) is 7.80. The molecule has 7 amide bonds. The quantitative estimate of drug-likeness (QED) is 0.0362. The van der Waals surface area contributed by atoms with E-state index in [1.165, 1.54) is 45.1 Å². The summed E-state index contributed by atoms with van der Waals surface area (Å²) >= 11 is 0. The number of aliphatic imine (C=N–C) groups is 1. The van der Waals surface area contributed by atoms with E-state index in [9.17, 15) is 58.5 Å². The molecule has 3 rings (SSSR count). The SMILES string of the molecule is C/C=C1\NC(=O)CC[C@H](C(=O)O)NC(=O)[C@@H](C)[C@H](/C=C/C(C)=C/[C@H](C)[C@H](Cc2ccccc2)OC)NC(=O)[C@H](CCCN=C(N)N)NC(=O)C[C@H](C(=O)O)NC(=O)[C@H](CCc2ccc(O)cc2)NC(=O)[C@H](C)NC1=O. The number of nitrogens with two attached hydrogens (primary N) is 2. The number of guanidine groups is 1. The molecule has 23 heteroatoms. The second kappa shape index (κ2) is 30.8. The zero-order valence-electron chi connectivity index (χ0n) is 43.1. The summed E-state index contributed by atoms with van der Waals surface area (Å²) in [7, 11) is 1.61. The van der Waals surface area contributed by atoms with Gasteiger partial charge in [-0.25, -0.2) is 9.59 Å². The Balaban J connectivity index is 2.09. The van der Waals surface area contributed by atoms with Crippen molar-refractivity contribution in [1.29, 1.82) is 0 Å². The third-order valence-electron chi connectivity index (χ3n) is 12.2. The Morgan fingerprint density at radius 3 is 2.03 bits per heavy atom. The number of hydrogen-bond donors (Lipinski definition) is 12. The number of methoxy groups -OCH3 is 1. The van der Waals surface area contributed by atoms with E-state index >= 15 is 0 Å². The van der Waals surface area contributed by atoms with Gasteiger partial charge in [-0.05, 0) is 82.6 Å². The molecule has 14 N–H and O–H groups in total. The molecule has 1 aliphatic rings. The molecule has 1 aliphatic heterocycles. The maximum Gasteiger partial charge on any atom is 0.326 e. The van der Waals surface area contributed by atoms with E-state index < -0.39 is 115 Å². The van der Waals surface area contributed by atoms with E-state index in [-0.39, 0.29) is 61.7 Å². The van der Waals surface area contributed by atoms with Gasteiger partial charge in [-0.1, -0.05) is 86.2 Å². The van der Waals surface area contributed by atoms with Crippen LogP contribution >= 0.6 is 0 Å². The minimum absolute atomic E-state index is 0.0110. The summed E-state index contributed by atoms with van der Waals surface area (Å²) in [4.78, 5) is 125. The van der Waals surface area contributed by atoms with Gasteiger partial charge in [0.1, 0.15) is 41.7 Å². The third-order valence-corrected chi connectivity index (χ3v) is 12.2. The molecular formula is C52H72N10O13. The van der Waals surface area contributed by atoms with Crippen LogP contribution in [0.15, 0.2) is 95.2 Å². The van der Waals surface area contributed by atoms with Gasteiger partial charge in [-0.3, -0.25) is 38.6 Å². The summed E-state index contributed by atoms with van der Waals surface area (Å²) in [6.45, 7) is 7.89. The number of carbonyl (C=O) groups excluding carboxylic acids is 7. The number of carboxylic acids is 2. The lowest BCUT2D eigenvalue weighted by atomic mass is 9.94. The van der Waals surface area contributed by atoms with Crippen molar-refractivity contribution < 1.29 is 63.2 Å². The highest BCUT2D eigenvalue weighted by atomic mass is 16.5. The summed E-state index contributed by atoms with van der Waals surface area (Å²) in [6, 6.07) is 6.73. The minimum atomic E-state index is -1.91. The average molecular weight is 1050 g/mol. The van der Waals surface area contributed by atoms with Crippen LogP contribution in [0.3, 0.4) is 0 Å². The van der Waals surface area contributed by atoms with Gasteiger partial charge in [0.2, 0.25) is 35.4 Å². The highest BCUT2D eigenvalue weighted by Gasteiger charge is 2.34. The molecule has 0 aromatic heterocycles. The van der Waals surface area contributed by atoms with Gasteiger partial charge in [0.25, 0.3) is 5.91 Å². The molecule has 1 saturated heterocycles. The Hall–Kier alpha value is -8.08. The van der Waals surface area contributed by atoms with Crippen molar-refractivity contribution in [2.45, 2.75) is 128 Å². The molecule has 1 fully saturated rings. The molecular weight excluding hydrogens is 973 g/mol. The molecule has 23 nitrogen and oxygen atoms in total. The largest absolute Gasteiger partial charge is 0.508 e. The number of nitrogens with zero attached hydrogens (tertiary/aromatic N) is 1. The number of phenolic OH excluding ortho intramolecular Hbond substituents is 1. The molecule has 2 aromatic rings. The number of aliphatic carboxylic acids is 2. The molecule has 75 heavy (non-hydrogen) atoms. The number of carbonyl (C=O) groups is 9. The Morgan fingerprint density at radius 1 is 0.787 bits per heavy atom. The summed E-state index contributed by atoms with van der Waals surface area (Å²) in [6.07, 6.45) is 4.85. The Morgan fingerprint density at radius 2 is 1.41 bits per heavy atom. The number of carboxylic acid groups (broad SMARTS) is 2. The minimum Gasteiger partial charge on any atom is -0.508 e. The molecule has 0 radical (unpaired) electrons. The van der Waals surface area contributed by atoms with Crippen molar-refractivity contribution >= 4 is 59.2 Å². The van der Waals surface area contributed by atoms with E-state index in [0.717, 1.165) is 5.56 Å². The lowest BCUT2D eigenvalue weighted by Gasteiger charge is -2.27. The topological polar surface area (TPSA) is 372 Å². The van der Waals surface area contributed by atoms with Crippen molar-refractivity contribution in [3.8, 4) is 5.75 Å². The number of allylic oxidation sites excluding steroid dienone is 3. The molecule has 9 atom stereocenters. The van der Waals surface area contributed by atoms with Crippen molar-refractivity contribution in [3.05, 3.63) is 101 Å². The number of rotatable bonds is 16. The lowest BCUT2D eigenvalue weighted by molar-refractivity contribution is -0.144. The summed E-state index contributed by atoms with van der Waals surface area (Å²) in [5.41, 5.74) is 13.1. The zero-order chi connectivity index (χ0) is 55.8. The van der Waals surface area contributed by atoms with Gasteiger partial charge in [0.15, 0.2) is 5.96 Å². The number of hydrogen-bond acceptors (Lipinski definition) is 12. The van der Waals surface area contributed by atoms with Gasteiger partial charge in [-0.2, -0.15) is 0 Å². The monoisotopic (exact) mass is 1040 g/mol. The molecule has 0 bridgehead atoms. The van der Waals surface area contributed by atoms with Crippen LogP contribution in [0.2, 0.25) is 0 Å². The van der Waals surface area contributed by atoms with Crippen LogP contribution in [-0.4, -0.2) is 131 Å². The van der Waals surface area contributed by atoms with E-state index in [4.69, 9.17) is 16.2 Å². The van der Waals surface area contributed by atoms with Crippen LogP contribution in [0.5, 0.6) is 5.75 Å². The highest BCUT2D eigenvalue weighted by molar-refractivity contribution is 6.00. The number of nitrogens with one attached hydrogen (secondary N) is 7. The van der Waals surface area contributed by atoms with Crippen LogP contribution < -0.4 is 48.7 Å². The maximum atomic E-state index is 14.3. The zero-order valence-corrected chi connectivity index (χ0v) is 43.1. The van der Waals surface area contributed by atoms with E-state index in [1.54, 1.807) is 32.2 Å². The normalized spacial score (nSPS) is 23.9. The molecule has 0 unspecified atom stereocenters. The van der Waals surface area contributed by atoms with Gasteiger partial charge in [0, 0.05) is 26.0 Å². The van der Waals surface area contributed by atoms with Crippen molar-refractivity contribution in [1.82, 2.24) is 37.2 Å². The molecule has 408 valence electrons. The van der Waals surface area contributed by atoms with Crippen molar-refractivity contribution in [3.63, 3.8) is 0 Å². The second-order valence-electron chi connectivity index (χ2n) is 18.2. The maximum absolute atomic E-state index is 14.3. The van der Waals surface area contributed by atoms with E-state index in [0.29, 0.717) is 17.6 Å². The smallest absolute Gasteiger partial charge is 0.326 e. The molecule has 1 heterocycles. The summed E-state index contributed by atoms with van der Waals surface area (Å²) in [5.74, 6) is -11.1. The first-order chi connectivity index (χ1) is 35.5. The highest BCUT2D eigenvalue weighted by Crippen LogP contribution is 2.19. The third kappa shape index (κ3) is 21.5. The number of benzene rings is 2. The first-order valence-electron chi connectivity index (χ1n) is 24.5. The van der Waals surface area contributed by atoms with Gasteiger partial charge in [0.05, 0.1) is 24.5 Å². The van der Waals surface area contributed by atoms with Gasteiger partial charge < -0.3 is 68.7 Å².